The van der Waals surface area contributed by atoms with Crippen LogP contribution in [-0.2, 0) is 9.59 Å². The lowest BCUT2D eigenvalue weighted by Gasteiger charge is -2.37. The summed E-state index contributed by atoms with van der Waals surface area (Å²) in [6.45, 7) is 6.45. The summed E-state index contributed by atoms with van der Waals surface area (Å²) in [5.74, 6) is 0.539. The summed E-state index contributed by atoms with van der Waals surface area (Å²) in [6.07, 6.45) is 4.36. The summed E-state index contributed by atoms with van der Waals surface area (Å²) in [5, 5.41) is 2.85. The molecule has 2 aliphatic heterocycles. The third-order valence-corrected chi connectivity index (χ3v) is 4.64. The third kappa shape index (κ3) is 2.82. The molecule has 0 spiro atoms. The lowest BCUT2D eigenvalue weighted by Crippen LogP contribution is -2.61. The Labute approximate surface area is 120 Å². The molecule has 3 fully saturated rings. The Bertz CT molecular complexity index is 406. The van der Waals surface area contributed by atoms with Crippen molar-refractivity contribution < 1.29 is 9.59 Å². The molecule has 112 valence electrons. The molecule has 2 heterocycles. The van der Waals surface area contributed by atoms with Crippen LogP contribution in [0.3, 0.4) is 0 Å². The van der Waals surface area contributed by atoms with E-state index in [1.807, 2.05) is 4.90 Å². The minimum absolute atomic E-state index is 0.000113. The van der Waals surface area contributed by atoms with Gasteiger partial charge in [-0.05, 0) is 31.6 Å². The average Bonchev–Trinajstić information content (AvgIpc) is 3.11. The van der Waals surface area contributed by atoms with Gasteiger partial charge in [-0.2, -0.15) is 0 Å². The van der Waals surface area contributed by atoms with Crippen molar-refractivity contribution >= 4 is 11.8 Å². The quantitative estimate of drug-likeness (QED) is 0.820. The van der Waals surface area contributed by atoms with Gasteiger partial charge in [0.15, 0.2) is 0 Å². The molecule has 3 rings (SSSR count). The molecular weight excluding hydrogens is 254 g/mol. The largest absolute Gasteiger partial charge is 0.343 e. The van der Waals surface area contributed by atoms with Crippen LogP contribution >= 0.6 is 0 Å². The van der Waals surface area contributed by atoms with Crippen LogP contribution in [0.25, 0.3) is 0 Å². The number of hydrogen-bond acceptors (Lipinski definition) is 3. The van der Waals surface area contributed by atoms with Crippen molar-refractivity contribution in [3.63, 3.8) is 0 Å². The lowest BCUT2D eigenvalue weighted by molar-refractivity contribution is -0.146. The highest BCUT2D eigenvalue weighted by Gasteiger charge is 2.41. The van der Waals surface area contributed by atoms with E-state index in [4.69, 9.17) is 0 Å². The first-order chi connectivity index (χ1) is 9.54. The molecule has 1 N–H and O–H groups in total. The highest BCUT2D eigenvalue weighted by molar-refractivity contribution is 5.95. The number of nitrogens with zero attached hydrogens (tertiary/aromatic N) is 2. The molecule has 0 radical (unpaired) electrons. The second kappa shape index (κ2) is 5.35. The van der Waals surface area contributed by atoms with Gasteiger partial charge < -0.3 is 10.2 Å². The molecule has 0 aromatic rings. The Kier molecular flexibility index (Phi) is 3.71. The van der Waals surface area contributed by atoms with Gasteiger partial charge in [0.2, 0.25) is 11.8 Å². The highest BCUT2D eigenvalue weighted by Crippen LogP contribution is 2.31. The van der Waals surface area contributed by atoms with E-state index < -0.39 is 0 Å². The molecule has 0 aromatic carbocycles. The molecule has 2 amide bonds. The second-order valence-electron chi connectivity index (χ2n) is 6.88. The number of carbonyl (C=O) groups is 2. The van der Waals surface area contributed by atoms with Crippen molar-refractivity contribution in [1.29, 1.82) is 0 Å². The van der Waals surface area contributed by atoms with E-state index in [2.05, 4.69) is 24.1 Å². The molecule has 2 atom stereocenters. The predicted octanol–water partition coefficient (Wildman–Crippen LogP) is 0.596. The van der Waals surface area contributed by atoms with Crippen molar-refractivity contribution in [3.8, 4) is 0 Å². The minimum atomic E-state index is -0.314. The van der Waals surface area contributed by atoms with Crippen molar-refractivity contribution in [1.82, 2.24) is 15.1 Å². The van der Waals surface area contributed by atoms with E-state index in [1.165, 1.54) is 12.8 Å². The van der Waals surface area contributed by atoms with Gasteiger partial charge in [0.25, 0.3) is 0 Å². The van der Waals surface area contributed by atoms with Crippen molar-refractivity contribution in [2.75, 3.05) is 19.6 Å². The van der Waals surface area contributed by atoms with Crippen LogP contribution in [0.5, 0.6) is 0 Å². The Morgan fingerprint density at radius 3 is 2.60 bits per heavy atom. The smallest absolute Gasteiger partial charge is 0.245 e. The average molecular weight is 279 g/mol. The fourth-order valence-electron chi connectivity index (χ4n) is 3.47. The van der Waals surface area contributed by atoms with Crippen molar-refractivity contribution in [2.45, 2.75) is 57.7 Å². The normalized spacial score (nSPS) is 32.0. The molecular formula is C15H25N3O2. The molecule has 20 heavy (non-hydrogen) atoms. The number of likely N-dealkylation sites (tertiary alicyclic amines) is 1. The highest BCUT2D eigenvalue weighted by atomic mass is 16.2. The monoisotopic (exact) mass is 279 g/mol. The third-order valence-electron chi connectivity index (χ3n) is 4.64. The van der Waals surface area contributed by atoms with Gasteiger partial charge in [-0.15, -0.1) is 0 Å². The minimum Gasteiger partial charge on any atom is -0.343 e. The van der Waals surface area contributed by atoms with Gasteiger partial charge >= 0.3 is 0 Å². The van der Waals surface area contributed by atoms with E-state index in [-0.39, 0.29) is 30.4 Å². The molecule has 0 aromatic heterocycles. The summed E-state index contributed by atoms with van der Waals surface area (Å²) in [5.41, 5.74) is 0. The number of carbonyl (C=O) groups excluding carboxylic acids is 2. The van der Waals surface area contributed by atoms with Gasteiger partial charge in [0.1, 0.15) is 6.04 Å². The van der Waals surface area contributed by atoms with Crippen molar-refractivity contribution in [2.24, 2.45) is 5.92 Å². The first-order valence-corrected chi connectivity index (χ1v) is 7.88. The van der Waals surface area contributed by atoms with Crippen LogP contribution in [0.1, 0.15) is 39.5 Å². The summed E-state index contributed by atoms with van der Waals surface area (Å²) in [6, 6.07) is 0.676. The van der Waals surface area contributed by atoms with Gasteiger partial charge in [-0.3, -0.25) is 14.5 Å². The molecule has 5 nitrogen and oxygen atoms in total. The number of amides is 2. The number of rotatable bonds is 4. The fraction of sp³-hybridized carbons (Fsp3) is 0.867. The Balaban J connectivity index is 1.65. The van der Waals surface area contributed by atoms with E-state index in [1.54, 1.807) is 0 Å². The van der Waals surface area contributed by atoms with Gasteiger partial charge in [0.05, 0.1) is 6.54 Å². The topological polar surface area (TPSA) is 52.7 Å². The lowest BCUT2D eigenvalue weighted by atomic mass is 10.00. The maximum absolute atomic E-state index is 12.6. The van der Waals surface area contributed by atoms with E-state index in [9.17, 15) is 9.59 Å². The number of piperazine rings is 1. The summed E-state index contributed by atoms with van der Waals surface area (Å²) < 4.78 is 0. The van der Waals surface area contributed by atoms with Crippen LogP contribution in [0.4, 0.5) is 0 Å². The van der Waals surface area contributed by atoms with E-state index in [0.29, 0.717) is 5.92 Å². The molecule has 3 aliphatic rings. The molecule has 5 heteroatoms. The Morgan fingerprint density at radius 1 is 1.20 bits per heavy atom. The zero-order valence-electron chi connectivity index (χ0n) is 12.5. The zero-order valence-corrected chi connectivity index (χ0v) is 12.5. The molecule has 0 bridgehead atoms. The van der Waals surface area contributed by atoms with Crippen LogP contribution in [0, 0.1) is 5.92 Å². The SMILES string of the molecule is CC(C)CC1NC(=O)CN(C2CCN(C3CC3)C2)C1=O. The van der Waals surface area contributed by atoms with Gasteiger partial charge in [0, 0.05) is 25.2 Å². The van der Waals surface area contributed by atoms with Gasteiger partial charge in [-0.1, -0.05) is 13.8 Å². The second-order valence-corrected chi connectivity index (χ2v) is 6.88. The standard InChI is InChI=1S/C15H25N3O2/c1-10(2)7-13-15(20)18(9-14(19)16-13)12-5-6-17(8-12)11-3-4-11/h10-13H,3-9H2,1-2H3,(H,16,19). The summed E-state index contributed by atoms with van der Waals surface area (Å²) in [7, 11) is 0. The number of hydrogen-bond donors (Lipinski definition) is 1. The first-order valence-electron chi connectivity index (χ1n) is 7.88. The van der Waals surface area contributed by atoms with E-state index >= 15 is 0 Å². The molecule has 2 unspecified atom stereocenters. The summed E-state index contributed by atoms with van der Waals surface area (Å²) in [4.78, 5) is 28.8. The van der Waals surface area contributed by atoms with Crippen molar-refractivity contribution in [3.05, 3.63) is 0 Å². The fourth-order valence-corrected chi connectivity index (χ4v) is 3.47. The first kappa shape index (κ1) is 13.9. The van der Waals surface area contributed by atoms with E-state index in [0.717, 1.165) is 32.0 Å². The maximum Gasteiger partial charge on any atom is 0.245 e. The predicted molar refractivity (Wildman–Crippen MR) is 76.1 cm³/mol. The zero-order chi connectivity index (χ0) is 14.3. The van der Waals surface area contributed by atoms with Crippen LogP contribution in [-0.4, -0.2) is 59.4 Å². The van der Waals surface area contributed by atoms with Crippen LogP contribution in [0.2, 0.25) is 0 Å². The number of nitrogens with one attached hydrogen (secondary N) is 1. The maximum atomic E-state index is 12.6. The van der Waals surface area contributed by atoms with Gasteiger partial charge in [-0.25, -0.2) is 0 Å². The molecule has 2 saturated heterocycles. The van der Waals surface area contributed by atoms with Crippen LogP contribution < -0.4 is 5.32 Å². The summed E-state index contributed by atoms with van der Waals surface area (Å²) >= 11 is 0. The molecule has 1 aliphatic carbocycles. The Morgan fingerprint density at radius 2 is 1.95 bits per heavy atom. The molecule has 1 saturated carbocycles. The Hall–Kier alpha value is -1.10. The van der Waals surface area contributed by atoms with Crippen LogP contribution in [0.15, 0.2) is 0 Å².